The number of piperazine rings is 1. The third kappa shape index (κ3) is 5.46. The van der Waals surface area contributed by atoms with Gasteiger partial charge in [-0.2, -0.15) is 0 Å². The van der Waals surface area contributed by atoms with E-state index in [1.54, 1.807) is 18.0 Å². The van der Waals surface area contributed by atoms with Gasteiger partial charge in [-0.25, -0.2) is 0 Å². The highest BCUT2D eigenvalue weighted by atomic mass is 35.5. The van der Waals surface area contributed by atoms with Crippen molar-refractivity contribution in [3.05, 3.63) is 59.9 Å². The number of carbonyl (C=O) groups excluding carboxylic acids is 1. The smallest absolute Gasteiger partial charge is 0.224 e. The van der Waals surface area contributed by atoms with Gasteiger partial charge < -0.3 is 10.2 Å². The van der Waals surface area contributed by atoms with E-state index >= 15 is 0 Å². The second kappa shape index (κ2) is 9.80. The van der Waals surface area contributed by atoms with Gasteiger partial charge in [0.2, 0.25) is 5.91 Å². The molecule has 4 nitrogen and oxygen atoms in total. The van der Waals surface area contributed by atoms with E-state index in [1.807, 2.05) is 23.2 Å². The monoisotopic (exact) mass is 377 g/mol. The minimum absolute atomic E-state index is 0. The SMILES string of the molecule is Cc1ccc(SCCC(=O)N2CCNCC2c2cccnc2)cc1.Cl. The van der Waals surface area contributed by atoms with Crippen LogP contribution in [0.3, 0.4) is 0 Å². The summed E-state index contributed by atoms with van der Waals surface area (Å²) in [5.41, 5.74) is 2.36. The number of halogens is 1. The van der Waals surface area contributed by atoms with E-state index in [0.717, 1.165) is 31.0 Å². The van der Waals surface area contributed by atoms with Crippen molar-refractivity contribution >= 4 is 30.1 Å². The number of thioether (sulfide) groups is 1. The zero-order valence-corrected chi connectivity index (χ0v) is 16.0. The highest BCUT2D eigenvalue weighted by Crippen LogP contribution is 2.24. The van der Waals surface area contributed by atoms with Gasteiger partial charge in [0, 0.05) is 49.1 Å². The molecule has 1 atom stereocenters. The number of pyridine rings is 1. The predicted octanol–water partition coefficient (Wildman–Crippen LogP) is 3.47. The van der Waals surface area contributed by atoms with Gasteiger partial charge in [-0.3, -0.25) is 9.78 Å². The molecule has 25 heavy (non-hydrogen) atoms. The third-order valence-corrected chi connectivity index (χ3v) is 5.25. The van der Waals surface area contributed by atoms with Crippen LogP contribution in [0.25, 0.3) is 0 Å². The minimum Gasteiger partial charge on any atom is -0.333 e. The summed E-state index contributed by atoms with van der Waals surface area (Å²) in [4.78, 5) is 20.1. The zero-order valence-electron chi connectivity index (χ0n) is 14.4. The number of aryl methyl sites for hydroxylation is 1. The fourth-order valence-electron chi connectivity index (χ4n) is 2.91. The molecule has 2 aromatic rings. The van der Waals surface area contributed by atoms with Gasteiger partial charge in [0.1, 0.15) is 0 Å². The van der Waals surface area contributed by atoms with Crippen LogP contribution in [0.2, 0.25) is 0 Å². The molecule has 0 spiro atoms. The third-order valence-electron chi connectivity index (χ3n) is 4.24. The van der Waals surface area contributed by atoms with E-state index in [9.17, 15) is 4.79 Å². The van der Waals surface area contributed by atoms with Crippen LogP contribution < -0.4 is 5.32 Å². The Hall–Kier alpha value is -1.56. The normalized spacial score (nSPS) is 17.0. The summed E-state index contributed by atoms with van der Waals surface area (Å²) in [6.45, 7) is 4.49. The Bertz CT molecular complexity index is 666. The van der Waals surface area contributed by atoms with E-state index in [0.29, 0.717) is 6.42 Å². The molecule has 1 aliphatic heterocycles. The molecule has 3 rings (SSSR count). The van der Waals surface area contributed by atoms with Crippen molar-refractivity contribution in [3.63, 3.8) is 0 Å². The lowest BCUT2D eigenvalue weighted by atomic mass is 10.1. The minimum atomic E-state index is 0. The summed E-state index contributed by atoms with van der Waals surface area (Å²) in [6.07, 6.45) is 4.19. The Kier molecular flexibility index (Phi) is 7.75. The van der Waals surface area contributed by atoms with E-state index < -0.39 is 0 Å². The first kappa shape index (κ1) is 19.8. The average molecular weight is 378 g/mol. The molecule has 6 heteroatoms. The molecule has 1 fully saturated rings. The molecule has 1 unspecified atom stereocenters. The first-order chi connectivity index (χ1) is 11.7. The molecule has 1 amide bonds. The molecule has 1 aromatic carbocycles. The summed E-state index contributed by atoms with van der Waals surface area (Å²) < 4.78 is 0. The maximum atomic E-state index is 12.7. The van der Waals surface area contributed by atoms with Crippen LogP contribution in [-0.4, -0.2) is 41.2 Å². The Morgan fingerprint density at radius 3 is 2.84 bits per heavy atom. The van der Waals surface area contributed by atoms with Crippen molar-refractivity contribution in [2.75, 3.05) is 25.4 Å². The van der Waals surface area contributed by atoms with Crippen molar-refractivity contribution in [3.8, 4) is 0 Å². The molecule has 0 saturated carbocycles. The van der Waals surface area contributed by atoms with Gasteiger partial charge in [-0.1, -0.05) is 23.8 Å². The quantitative estimate of drug-likeness (QED) is 0.810. The van der Waals surface area contributed by atoms with Gasteiger partial charge in [-0.05, 0) is 30.7 Å². The fourth-order valence-corrected chi connectivity index (χ4v) is 3.75. The number of rotatable bonds is 5. The standard InChI is InChI=1S/C19H23N3OS.ClH/c1-15-4-6-17(7-5-15)24-12-8-19(23)22-11-10-21-14-18(22)16-3-2-9-20-13-16;/h2-7,9,13,18,21H,8,10-12,14H2,1H3;1H. The summed E-state index contributed by atoms with van der Waals surface area (Å²) in [5.74, 6) is 1.04. The second-order valence-corrected chi connectivity index (χ2v) is 7.17. The lowest BCUT2D eigenvalue weighted by Crippen LogP contribution is -2.48. The Morgan fingerprint density at radius 1 is 1.32 bits per heavy atom. The molecule has 1 aliphatic rings. The van der Waals surface area contributed by atoms with Gasteiger partial charge >= 0.3 is 0 Å². The molecular formula is C19H24ClN3OS. The lowest BCUT2D eigenvalue weighted by molar-refractivity contribution is -0.134. The number of nitrogens with zero attached hydrogens (tertiary/aromatic N) is 2. The van der Waals surface area contributed by atoms with Crippen LogP contribution in [-0.2, 0) is 4.79 Å². The topological polar surface area (TPSA) is 45.2 Å². The summed E-state index contributed by atoms with van der Waals surface area (Å²) >= 11 is 1.74. The molecule has 2 heterocycles. The van der Waals surface area contributed by atoms with Gasteiger partial charge in [0.05, 0.1) is 6.04 Å². The summed E-state index contributed by atoms with van der Waals surface area (Å²) in [7, 11) is 0. The lowest BCUT2D eigenvalue weighted by Gasteiger charge is -2.36. The largest absolute Gasteiger partial charge is 0.333 e. The first-order valence-electron chi connectivity index (χ1n) is 8.33. The van der Waals surface area contributed by atoms with E-state index in [-0.39, 0.29) is 24.4 Å². The summed E-state index contributed by atoms with van der Waals surface area (Å²) in [6, 6.07) is 12.5. The van der Waals surface area contributed by atoms with E-state index in [1.165, 1.54) is 10.5 Å². The van der Waals surface area contributed by atoms with Gasteiger partial charge in [-0.15, -0.1) is 24.2 Å². The highest BCUT2D eigenvalue weighted by Gasteiger charge is 2.27. The second-order valence-electron chi connectivity index (χ2n) is 6.00. The highest BCUT2D eigenvalue weighted by molar-refractivity contribution is 7.99. The maximum Gasteiger partial charge on any atom is 0.224 e. The van der Waals surface area contributed by atoms with Crippen LogP contribution in [0.15, 0.2) is 53.7 Å². The van der Waals surface area contributed by atoms with Crippen molar-refractivity contribution in [1.82, 2.24) is 15.2 Å². The number of hydrogen-bond acceptors (Lipinski definition) is 4. The van der Waals surface area contributed by atoms with Gasteiger partial charge in [0.25, 0.3) is 0 Å². The number of aromatic nitrogens is 1. The van der Waals surface area contributed by atoms with Gasteiger partial charge in [0.15, 0.2) is 0 Å². The summed E-state index contributed by atoms with van der Waals surface area (Å²) in [5, 5.41) is 3.38. The van der Waals surface area contributed by atoms with E-state index in [2.05, 4.69) is 41.5 Å². The van der Waals surface area contributed by atoms with Crippen molar-refractivity contribution in [2.45, 2.75) is 24.3 Å². The zero-order chi connectivity index (χ0) is 16.8. The number of hydrogen-bond donors (Lipinski definition) is 1. The maximum absolute atomic E-state index is 12.7. The van der Waals surface area contributed by atoms with Crippen LogP contribution in [0.5, 0.6) is 0 Å². The molecule has 1 N–H and O–H groups in total. The molecule has 1 saturated heterocycles. The molecule has 1 aromatic heterocycles. The first-order valence-corrected chi connectivity index (χ1v) is 9.32. The van der Waals surface area contributed by atoms with Crippen molar-refractivity contribution < 1.29 is 4.79 Å². The number of carbonyl (C=O) groups is 1. The molecule has 0 radical (unpaired) electrons. The molecule has 0 bridgehead atoms. The molecule has 134 valence electrons. The van der Waals surface area contributed by atoms with Crippen molar-refractivity contribution in [1.29, 1.82) is 0 Å². The van der Waals surface area contributed by atoms with Crippen LogP contribution in [0.4, 0.5) is 0 Å². The Labute approximate surface area is 159 Å². The molecule has 0 aliphatic carbocycles. The Balaban J connectivity index is 0.00000225. The number of nitrogens with one attached hydrogen (secondary N) is 1. The fraction of sp³-hybridized carbons (Fsp3) is 0.368. The Morgan fingerprint density at radius 2 is 2.12 bits per heavy atom. The number of amides is 1. The van der Waals surface area contributed by atoms with Crippen LogP contribution in [0.1, 0.15) is 23.6 Å². The number of benzene rings is 1. The van der Waals surface area contributed by atoms with Crippen LogP contribution in [0, 0.1) is 6.92 Å². The predicted molar refractivity (Wildman–Crippen MR) is 105 cm³/mol. The van der Waals surface area contributed by atoms with Crippen LogP contribution >= 0.6 is 24.2 Å². The van der Waals surface area contributed by atoms with Crippen molar-refractivity contribution in [2.24, 2.45) is 0 Å². The molecular weight excluding hydrogens is 354 g/mol. The van der Waals surface area contributed by atoms with E-state index in [4.69, 9.17) is 0 Å². The average Bonchev–Trinajstić information content (AvgIpc) is 2.64.